The number of imidazole rings is 1. The van der Waals surface area contributed by atoms with Crippen molar-refractivity contribution in [2.75, 3.05) is 0 Å². The van der Waals surface area contributed by atoms with Crippen molar-refractivity contribution in [1.82, 2.24) is 20.6 Å². The average Bonchev–Trinajstić information content (AvgIpc) is 3.53. The summed E-state index contributed by atoms with van der Waals surface area (Å²) in [6, 6.07) is 20.3. The highest BCUT2D eigenvalue weighted by atomic mass is 16.5. The van der Waals surface area contributed by atoms with Crippen LogP contribution in [-0.2, 0) is 38.6 Å². The second-order valence-corrected chi connectivity index (χ2v) is 11.4. The summed E-state index contributed by atoms with van der Waals surface area (Å²) in [6.45, 7) is 3.99. The van der Waals surface area contributed by atoms with Crippen LogP contribution in [0.4, 0.5) is 0 Å². The molecule has 0 unspecified atom stereocenters. The molecule has 0 bridgehead atoms. The molecule has 4 aromatic rings. The van der Waals surface area contributed by atoms with Gasteiger partial charge in [0.2, 0.25) is 11.8 Å². The Morgan fingerprint density at radius 1 is 0.932 bits per heavy atom. The molecule has 1 heterocycles. The van der Waals surface area contributed by atoms with E-state index in [9.17, 15) is 19.5 Å². The molecule has 232 valence electrons. The first kappa shape index (κ1) is 32.4. The molecule has 4 atom stereocenters. The first-order valence-electron chi connectivity index (χ1n) is 14.9. The van der Waals surface area contributed by atoms with E-state index in [2.05, 4.69) is 20.6 Å². The molecule has 0 aliphatic rings. The molecular weight excluding hydrogens is 558 g/mol. The zero-order valence-corrected chi connectivity index (χ0v) is 25.1. The minimum atomic E-state index is -1.19. The number of ether oxygens (including phenoxy) is 1. The highest BCUT2D eigenvalue weighted by Gasteiger charge is 2.30. The van der Waals surface area contributed by atoms with Gasteiger partial charge in [-0.1, -0.05) is 86.6 Å². The van der Waals surface area contributed by atoms with Gasteiger partial charge in [0, 0.05) is 12.6 Å². The number of hydrogen-bond donors (Lipinski definition) is 5. The van der Waals surface area contributed by atoms with E-state index in [4.69, 9.17) is 10.5 Å². The molecule has 2 amide bonds. The summed E-state index contributed by atoms with van der Waals surface area (Å²) >= 11 is 0. The van der Waals surface area contributed by atoms with Crippen molar-refractivity contribution in [3.05, 3.63) is 102 Å². The van der Waals surface area contributed by atoms with Gasteiger partial charge in [-0.25, -0.2) is 4.98 Å². The zero-order valence-electron chi connectivity index (χ0n) is 25.1. The van der Waals surface area contributed by atoms with E-state index >= 15 is 0 Å². The van der Waals surface area contributed by atoms with E-state index in [1.807, 2.05) is 86.6 Å². The molecule has 3 aromatic carbocycles. The average molecular weight is 600 g/mol. The minimum absolute atomic E-state index is 0.0877. The molecule has 1 aromatic heterocycles. The van der Waals surface area contributed by atoms with Gasteiger partial charge in [0.25, 0.3) is 0 Å². The van der Waals surface area contributed by atoms with Crippen LogP contribution in [0, 0.1) is 5.92 Å². The van der Waals surface area contributed by atoms with Crippen molar-refractivity contribution in [3.8, 4) is 0 Å². The maximum Gasteiger partial charge on any atom is 0.308 e. The number of aromatic amines is 1. The van der Waals surface area contributed by atoms with Gasteiger partial charge in [-0.3, -0.25) is 14.4 Å². The van der Waals surface area contributed by atoms with Gasteiger partial charge in [0.1, 0.15) is 12.6 Å². The standard InChI is InChI=1S/C34H41N5O5/c1-22(2)15-29(31(40)18-32(41)44-20-23-9-4-3-5-10-23)38-34(43)30(17-26-19-36-21-37-26)39-33(42)28(35)16-25-13-8-12-24-11-6-7-14-27(24)25/h3-14,19,21-22,28-31,40H,15-18,20,35H2,1-2H3,(H,36,37)(H,38,43)(H,39,42)/t28-,29+,30-,31+/m1/s1. The number of nitrogens with zero attached hydrogens (tertiary/aromatic N) is 1. The van der Waals surface area contributed by atoms with Gasteiger partial charge in [-0.05, 0) is 40.7 Å². The maximum atomic E-state index is 13.6. The molecule has 10 nitrogen and oxygen atoms in total. The van der Waals surface area contributed by atoms with Crippen molar-refractivity contribution in [2.24, 2.45) is 11.7 Å². The zero-order chi connectivity index (χ0) is 31.5. The van der Waals surface area contributed by atoms with Crippen molar-refractivity contribution < 1.29 is 24.2 Å². The number of hydrogen-bond acceptors (Lipinski definition) is 7. The Hall–Kier alpha value is -4.54. The SMILES string of the molecule is CC(C)C[C@H](NC(=O)[C@@H](Cc1c[nH]cn1)NC(=O)[C@H](N)Cc1cccc2ccccc12)[C@@H](O)CC(=O)OCc1ccccc1. The number of aromatic nitrogens is 2. The molecule has 0 radical (unpaired) electrons. The van der Waals surface area contributed by atoms with Gasteiger partial charge in [0.05, 0.1) is 36.6 Å². The Kier molecular flexibility index (Phi) is 11.6. The highest BCUT2D eigenvalue weighted by Crippen LogP contribution is 2.20. The molecule has 0 fully saturated rings. The van der Waals surface area contributed by atoms with Crippen molar-refractivity contribution in [1.29, 1.82) is 0 Å². The van der Waals surface area contributed by atoms with Crippen LogP contribution in [0.3, 0.4) is 0 Å². The summed E-state index contributed by atoms with van der Waals surface area (Å²) in [5.74, 6) is -1.48. The first-order chi connectivity index (χ1) is 21.2. The van der Waals surface area contributed by atoms with Crippen molar-refractivity contribution in [2.45, 2.75) is 70.4 Å². The lowest BCUT2D eigenvalue weighted by Crippen LogP contribution is -2.56. The van der Waals surface area contributed by atoms with Gasteiger partial charge < -0.3 is 31.2 Å². The molecule has 4 rings (SSSR count). The van der Waals surface area contributed by atoms with Crippen LogP contribution in [0.2, 0.25) is 0 Å². The molecule has 0 spiro atoms. The number of amides is 2. The fraction of sp³-hybridized carbons (Fsp3) is 0.353. The third-order valence-electron chi connectivity index (χ3n) is 7.39. The Labute approximate surface area is 257 Å². The Morgan fingerprint density at radius 3 is 2.39 bits per heavy atom. The van der Waals surface area contributed by atoms with Crippen LogP contribution < -0.4 is 16.4 Å². The number of carbonyl (C=O) groups is 3. The number of H-pyrrole nitrogens is 1. The van der Waals surface area contributed by atoms with Gasteiger partial charge in [-0.2, -0.15) is 0 Å². The molecule has 0 saturated carbocycles. The highest BCUT2D eigenvalue weighted by molar-refractivity contribution is 5.91. The molecule has 0 saturated heterocycles. The van der Waals surface area contributed by atoms with Gasteiger partial charge in [-0.15, -0.1) is 0 Å². The molecule has 44 heavy (non-hydrogen) atoms. The molecule has 6 N–H and O–H groups in total. The van der Waals surface area contributed by atoms with Crippen LogP contribution in [0.1, 0.15) is 43.5 Å². The predicted molar refractivity (Wildman–Crippen MR) is 168 cm³/mol. The van der Waals surface area contributed by atoms with Crippen LogP contribution in [0.25, 0.3) is 10.8 Å². The summed E-state index contributed by atoms with van der Waals surface area (Å²) in [4.78, 5) is 46.5. The van der Waals surface area contributed by atoms with E-state index in [1.165, 1.54) is 6.33 Å². The largest absolute Gasteiger partial charge is 0.461 e. The Morgan fingerprint density at radius 2 is 1.66 bits per heavy atom. The third-order valence-corrected chi connectivity index (χ3v) is 7.39. The summed E-state index contributed by atoms with van der Waals surface area (Å²) in [5, 5.41) is 18.7. The molecule has 10 heteroatoms. The third kappa shape index (κ3) is 9.48. The van der Waals surface area contributed by atoms with Gasteiger partial charge in [0.15, 0.2) is 0 Å². The first-order valence-corrected chi connectivity index (χ1v) is 14.9. The second kappa shape index (κ2) is 15.8. The van der Waals surface area contributed by atoms with Crippen molar-refractivity contribution >= 4 is 28.6 Å². The van der Waals surface area contributed by atoms with E-state index in [-0.39, 0.29) is 31.8 Å². The lowest BCUT2D eigenvalue weighted by molar-refractivity contribution is -0.148. The van der Waals surface area contributed by atoms with E-state index in [0.717, 1.165) is 21.9 Å². The van der Waals surface area contributed by atoms with E-state index in [0.29, 0.717) is 12.1 Å². The molecular formula is C34H41N5O5. The Bertz CT molecular complexity index is 1500. The Balaban J connectivity index is 1.42. The fourth-order valence-corrected chi connectivity index (χ4v) is 5.11. The van der Waals surface area contributed by atoms with Crippen LogP contribution in [0.5, 0.6) is 0 Å². The van der Waals surface area contributed by atoms with E-state index in [1.54, 1.807) is 6.20 Å². The van der Waals surface area contributed by atoms with E-state index < -0.39 is 42.0 Å². The number of nitrogens with one attached hydrogen (secondary N) is 3. The summed E-state index contributed by atoms with van der Waals surface area (Å²) in [7, 11) is 0. The number of fused-ring (bicyclic) bond motifs is 1. The lowest BCUT2D eigenvalue weighted by atomic mass is 9.96. The number of benzene rings is 3. The summed E-state index contributed by atoms with van der Waals surface area (Å²) in [5.41, 5.74) is 8.67. The number of nitrogens with two attached hydrogens (primary N) is 1. The minimum Gasteiger partial charge on any atom is -0.461 e. The molecule has 0 aliphatic heterocycles. The predicted octanol–water partition coefficient (Wildman–Crippen LogP) is 3.19. The number of rotatable bonds is 15. The summed E-state index contributed by atoms with van der Waals surface area (Å²) < 4.78 is 5.34. The quantitative estimate of drug-likeness (QED) is 0.131. The fourth-order valence-electron chi connectivity index (χ4n) is 5.11. The van der Waals surface area contributed by atoms with Crippen LogP contribution in [-0.4, -0.2) is 57.1 Å². The number of aliphatic hydroxyl groups excluding tert-OH is 1. The normalized spacial score (nSPS) is 14.0. The monoisotopic (exact) mass is 599 g/mol. The maximum absolute atomic E-state index is 13.6. The molecule has 0 aliphatic carbocycles. The number of esters is 1. The summed E-state index contributed by atoms with van der Waals surface area (Å²) in [6.07, 6.45) is 2.44. The number of carbonyl (C=O) groups excluding carboxylic acids is 3. The number of aliphatic hydroxyl groups is 1. The van der Waals surface area contributed by atoms with Crippen LogP contribution in [0.15, 0.2) is 85.3 Å². The topological polar surface area (TPSA) is 159 Å². The lowest BCUT2D eigenvalue weighted by Gasteiger charge is -2.28. The van der Waals surface area contributed by atoms with Gasteiger partial charge >= 0.3 is 5.97 Å². The van der Waals surface area contributed by atoms with Crippen molar-refractivity contribution in [3.63, 3.8) is 0 Å². The second-order valence-electron chi connectivity index (χ2n) is 11.4. The van der Waals surface area contributed by atoms with Crippen LogP contribution >= 0.6 is 0 Å². The smallest absolute Gasteiger partial charge is 0.308 e.